The zero-order valence-corrected chi connectivity index (χ0v) is 9.71. The molecule has 1 aromatic carbocycles. The molecule has 0 saturated heterocycles. The van der Waals surface area contributed by atoms with Crippen molar-refractivity contribution in [2.45, 2.75) is 6.42 Å². The fourth-order valence-corrected chi connectivity index (χ4v) is 2.50. The van der Waals surface area contributed by atoms with Crippen LogP contribution in [0.25, 0.3) is 10.9 Å². The Kier molecular flexibility index (Phi) is 2.61. The maximum Gasteiger partial charge on any atom is 0.0624 e. The summed E-state index contributed by atoms with van der Waals surface area (Å²) < 4.78 is 3.28. The van der Waals surface area contributed by atoms with Crippen LogP contribution in [-0.4, -0.2) is 11.1 Å². The van der Waals surface area contributed by atoms with E-state index < -0.39 is 0 Å². The maximum atomic E-state index is 5.58. The molecule has 0 bridgehead atoms. The van der Waals surface area contributed by atoms with Crippen molar-refractivity contribution in [3.63, 3.8) is 0 Å². The van der Waals surface area contributed by atoms with Crippen LogP contribution >= 0.6 is 15.9 Å². The normalized spacial score (nSPS) is 11.1. The zero-order valence-electron chi connectivity index (χ0n) is 8.13. The molecule has 0 amide bonds. The van der Waals surface area contributed by atoms with Crippen LogP contribution in [0.4, 0.5) is 0 Å². The minimum atomic E-state index is 0.700. The van der Waals surface area contributed by atoms with E-state index in [1.165, 1.54) is 16.5 Å². The minimum Gasteiger partial charge on any atom is -0.349 e. The average molecular weight is 253 g/mol. The van der Waals surface area contributed by atoms with E-state index in [-0.39, 0.29) is 0 Å². The quantitative estimate of drug-likeness (QED) is 0.875. The Hall–Kier alpha value is -0.800. The second-order valence-corrected chi connectivity index (χ2v) is 4.29. The number of fused-ring (bicyclic) bond motifs is 1. The van der Waals surface area contributed by atoms with Gasteiger partial charge in [-0.25, -0.2) is 0 Å². The summed E-state index contributed by atoms with van der Waals surface area (Å²) in [6.07, 6.45) is 3.09. The molecule has 14 heavy (non-hydrogen) atoms. The summed E-state index contributed by atoms with van der Waals surface area (Å²) in [6.45, 7) is 0.700. The molecular formula is C11H13BrN2. The Balaban J connectivity index is 2.71. The number of benzene rings is 1. The molecular weight excluding hydrogens is 240 g/mol. The minimum absolute atomic E-state index is 0.700. The second kappa shape index (κ2) is 3.75. The van der Waals surface area contributed by atoms with Gasteiger partial charge in [-0.1, -0.05) is 12.1 Å². The number of rotatable bonds is 2. The van der Waals surface area contributed by atoms with Crippen LogP contribution in [0.1, 0.15) is 5.56 Å². The summed E-state index contributed by atoms with van der Waals surface area (Å²) in [7, 11) is 2.06. The molecule has 2 nitrogen and oxygen atoms in total. The van der Waals surface area contributed by atoms with Gasteiger partial charge in [0.05, 0.1) is 5.52 Å². The van der Waals surface area contributed by atoms with Crippen molar-refractivity contribution in [2.24, 2.45) is 12.8 Å². The van der Waals surface area contributed by atoms with Crippen LogP contribution in [0.15, 0.2) is 28.9 Å². The van der Waals surface area contributed by atoms with E-state index in [9.17, 15) is 0 Å². The third-order valence-corrected chi connectivity index (χ3v) is 3.09. The van der Waals surface area contributed by atoms with Gasteiger partial charge in [-0.3, -0.25) is 0 Å². The Morgan fingerprint density at radius 3 is 2.93 bits per heavy atom. The van der Waals surface area contributed by atoms with E-state index >= 15 is 0 Å². The lowest BCUT2D eigenvalue weighted by atomic mass is 10.1. The van der Waals surface area contributed by atoms with Crippen molar-refractivity contribution in [3.05, 3.63) is 34.4 Å². The highest BCUT2D eigenvalue weighted by molar-refractivity contribution is 9.10. The molecule has 0 aliphatic carbocycles. The number of hydrogen-bond acceptors (Lipinski definition) is 1. The summed E-state index contributed by atoms with van der Waals surface area (Å²) in [5.41, 5.74) is 8.15. The summed E-state index contributed by atoms with van der Waals surface area (Å²) in [6, 6.07) is 6.27. The summed E-state index contributed by atoms with van der Waals surface area (Å²) in [5, 5.41) is 1.30. The van der Waals surface area contributed by atoms with Gasteiger partial charge < -0.3 is 10.3 Å². The molecule has 2 rings (SSSR count). The average Bonchev–Trinajstić information content (AvgIpc) is 2.46. The first kappa shape index (κ1) is 9.74. The summed E-state index contributed by atoms with van der Waals surface area (Å²) in [4.78, 5) is 0. The summed E-state index contributed by atoms with van der Waals surface area (Å²) >= 11 is 3.56. The van der Waals surface area contributed by atoms with Gasteiger partial charge in [0.25, 0.3) is 0 Å². The van der Waals surface area contributed by atoms with Crippen LogP contribution in [0.5, 0.6) is 0 Å². The van der Waals surface area contributed by atoms with Gasteiger partial charge in [0.1, 0.15) is 0 Å². The van der Waals surface area contributed by atoms with Crippen molar-refractivity contribution in [2.75, 3.05) is 6.54 Å². The van der Waals surface area contributed by atoms with Crippen molar-refractivity contribution in [1.82, 2.24) is 4.57 Å². The first-order valence-electron chi connectivity index (χ1n) is 4.66. The van der Waals surface area contributed by atoms with E-state index in [1.807, 2.05) is 0 Å². The molecule has 2 aromatic rings. The van der Waals surface area contributed by atoms with Crippen LogP contribution in [0, 0.1) is 0 Å². The second-order valence-electron chi connectivity index (χ2n) is 3.44. The van der Waals surface area contributed by atoms with E-state index in [1.54, 1.807) is 0 Å². The largest absolute Gasteiger partial charge is 0.349 e. The van der Waals surface area contributed by atoms with Crippen molar-refractivity contribution in [3.8, 4) is 0 Å². The van der Waals surface area contributed by atoms with Crippen molar-refractivity contribution in [1.29, 1.82) is 0 Å². The topological polar surface area (TPSA) is 30.9 Å². The molecule has 0 aliphatic heterocycles. The number of hydrogen-bond donors (Lipinski definition) is 1. The third kappa shape index (κ3) is 1.47. The SMILES string of the molecule is Cn1cc(CCN)c2cccc(Br)c21. The predicted molar refractivity (Wildman–Crippen MR) is 63.4 cm³/mol. The molecule has 0 radical (unpaired) electrons. The maximum absolute atomic E-state index is 5.58. The molecule has 0 fully saturated rings. The Morgan fingerprint density at radius 1 is 1.43 bits per heavy atom. The molecule has 3 heteroatoms. The monoisotopic (exact) mass is 252 g/mol. The molecule has 0 aliphatic rings. The molecule has 0 unspecified atom stereocenters. The van der Waals surface area contributed by atoms with Gasteiger partial charge in [-0.15, -0.1) is 0 Å². The van der Waals surface area contributed by atoms with Gasteiger partial charge in [-0.05, 0) is 40.5 Å². The van der Waals surface area contributed by atoms with Gasteiger partial charge in [-0.2, -0.15) is 0 Å². The predicted octanol–water partition coefficient (Wildman–Crippen LogP) is 2.44. The van der Waals surface area contributed by atoms with Crippen LogP contribution in [0.2, 0.25) is 0 Å². The van der Waals surface area contributed by atoms with Gasteiger partial charge in [0.15, 0.2) is 0 Å². The fraction of sp³-hybridized carbons (Fsp3) is 0.273. The molecule has 1 aromatic heterocycles. The standard InChI is InChI=1S/C11H13BrN2/c1-14-7-8(5-6-13)9-3-2-4-10(12)11(9)14/h2-4,7H,5-6,13H2,1H3. The molecule has 0 atom stereocenters. The third-order valence-electron chi connectivity index (χ3n) is 2.45. The highest BCUT2D eigenvalue weighted by Crippen LogP contribution is 2.27. The fourth-order valence-electron chi connectivity index (χ4n) is 1.86. The molecule has 1 heterocycles. The van der Waals surface area contributed by atoms with Crippen LogP contribution < -0.4 is 5.73 Å². The molecule has 0 saturated carbocycles. The van der Waals surface area contributed by atoms with E-state index in [0.29, 0.717) is 6.54 Å². The molecule has 0 spiro atoms. The van der Waals surface area contributed by atoms with Gasteiger partial charge >= 0.3 is 0 Å². The molecule has 2 N–H and O–H groups in total. The molecule has 74 valence electrons. The highest BCUT2D eigenvalue weighted by atomic mass is 79.9. The number of aryl methyl sites for hydroxylation is 1. The lowest BCUT2D eigenvalue weighted by molar-refractivity contribution is 0.928. The summed E-state index contributed by atoms with van der Waals surface area (Å²) in [5.74, 6) is 0. The van der Waals surface area contributed by atoms with Gasteiger partial charge in [0, 0.05) is 23.1 Å². The van der Waals surface area contributed by atoms with Gasteiger partial charge in [0.2, 0.25) is 0 Å². The Morgan fingerprint density at radius 2 is 2.21 bits per heavy atom. The first-order valence-corrected chi connectivity index (χ1v) is 5.46. The number of nitrogens with two attached hydrogens (primary N) is 1. The van der Waals surface area contributed by atoms with E-state index in [4.69, 9.17) is 5.73 Å². The zero-order chi connectivity index (χ0) is 10.1. The number of halogens is 1. The smallest absolute Gasteiger partial charge is 0.0624 e. The van der Waals surface area contributed by atoms with Crippen LogP contribution in [0.3, 0.4) is 0 Å². The van der Waals surface area contributed by atoms with E-state index in [0.717, 1.165) is 10.9 Å². The highest BCUT2D eigenvalue weighted by Gasteiger charge is 2.07. The van der Waals surface area contributed by atoms with E-state index in [2.05, 4.69) is 51.9 Å². The van der Waals surface area contributed by atoms with Crippen molar-refractivity contribution < 1.29 is 0 Å². The number of nitrogens with zero attached hydrogens (tertiary/aromatic N) is 1. The number of para-hydroxylation sites is 1. The first-order chi connectivity index (χ1) is 6.74. The Labute approximate surface area is 91.8 Å². The van der Waals surface area contributed by atoms with Crippen LogP contribution in [-0.2, 0) is 13.5 Å². The number of aromatic nitrogens is 1. The Bertz CT molecular complexity index is 460. The van der Waals surface area contributed by atoms with Crippen molar-refractivity contribution >= 4 is 26.8 Å². The lowest BCUT2D eigenvalue weighted by Crippen LogP contribution is -2.01. The lowest BCUT2D eigenvalue weighted by Gasteiger charge is -1.98.